The molecule has 0 aliphatic carbocycles. The molecule has 16 heavy (non-hydrogen) atoms. The highest BCUT2D eigenvalue weighted by Crippen LogP contribution is 2.02. The summed E-state index contributed by atoms with van der Waals surface area (Å²) in [4.78, 5) is 25.8. The number of carboxylic acid groups (broad SMARTS) is 1. The summed E-state index contributed by atoms with van der Waals surface area (Å²) in [7, 11) is 0. The Kier molecular flexibility index (Phi) is 3.57. The maximum Gasteiger partial charge on any atom is 0.337 e. The summed E-state index contributed by atoms with van der Waals surface area (Å²) in [6.45, 7) is 0.745. The molecule has 0 saturated heterocycles. The van der Waals surface area contributed by atoms with Crippen LogP contribution in [0, 0.1) is 0 Å². The van der Waals surface area contributed by atoms with Crippen molar-refractivity contribution < 1.29 is 19.8 Å². The number of pyridine rings is 1. The molecule has 0 radical (unpaired) electrons. The SMILES string of the molecule is CC(O)(CNC(=O)c1cccnc1)C(=O)O. The number of amides is 1. The minimum Gasteiger partial charge on any atom is -0.479 e. The lowest BCUT2D eigenvalue weighted by molar-refractivity contribution is -0.155. The molecule has 1 atom stereocenters. The minimum absolute atomic E-state index is 0.309. The van der Waals surface area contributed by atoms with Crippen LogP contribution in [0.5, 0.6) is 0 Å². The molecule has 0 aromatic carbocycles. The summed E-state index contributed by atoms with van der Waals surface area (Å²) in [5.41, 5.74) is -1.67. The van der Waals surface area contributed by atoms with Crippen LogP contribution >= 0.6 is 0 Å². The molecule has 0 saturated carbocycles. The van der Waals surface area contributed by atoms with Crippen LogP contribution in [-0.2, 0) is 4.79 Å². The van der Waals surface area contributed by atoms with Gasteiger partial charge in [-0.1, -0.05) is 0 Å². The first-order chi connectivity index (χ1) is 7.43. The standard InChI is InChI=1S/C10H12N2O4/c1-10(16,9(14)15)6-12-8(13)7-3-2-4-11-5-7/h2-5,16H,6H2,1H3,(H,12,13)(H,14,15). The van der Waals surface area contributed by atoms with E-state index >= 15 is 0 Å². The van der Waals surface area contributed by atoms with E-state index in [1.165, 1.54) is 18.5 Å². The van der Waals surface area contributed by atoms with Gasteiger partial charge in [-0.25, -0.2) is 4.79 Å². The summed E-state index contributed by atoms with van der Waals surface area (Å²) < 4.78 is 0. The highest BCUT2D eigenvalue weighted by atomic mass is 16.4. The van der Waals surface area contributed by atoms with E-state index in [2.05, 4.69) is 10.3 Å². The van der Waals surface area contributed by atoms with Crippen LogP contribution in [0.2, 0.25) is 0 Å². The smallest absolute Gasteiger partial charge is 0.337 e. The summed E-state index contributed by atoms with van der Waals surface area (Å²) in [6, 6.07) is 3.13. The second-order valence-electron chi connectivity index (χ2n) is 3.50. The Balaban J connectivity index is 2.58. The Morgan fingerprint density at radius 2 is 2.25 bits per heavy atom. The predicted molar refractivity (Wildman–Crippen MR) is 54.8 cm³/mol. The van der Waals surface area contributed by atoms with Gasteiger partial charge < -0.3 is 15.5 Å². The molecule has 1 aromatic rings. The van der Waals surface area contributed by atoms with Gasteiger partial charge in [-0.3, -0.25) is 9.78 Å². The molecule has 1 heterocycles. The lowest BCUT2D eigenvalue weighted by Crippen LogP contribution is -2.46. The predicted octanol–water partition coefficient (Wildman–Crippen LogP) is -0.353. The van der Waals surface area contributed by atoms with Crippen molar-refractivity contribution in [3.05, 3.63) is 30.1 Å². The van der Waals surface area contributed by atoms with E-state index in [1.54, 1.807) is 6.07 Å². The molecular formula is C10H12N2O4. The van der Waals surface area contributed by atoms with Gasteiger partial charge in [-0.05, 0) is 19.1 Å². The molecule has 1 unspecified atom stereocenters. The Bertz CT molecular complexity index is 389. The highest BCUT2D eigenvalue weighted by molar-refractivity contribution is 5.94. The van der Waals surface area contributed by atoms with Crippen molar-refractivity contribution in [1.29, 1.82) is 0 Å². The third-order valence-electron chi connectivity index (χ3n) is 1.98. The van der Waals surface area contributed by atoms with Crippen LogP contribution in [0.4, 0.5) is 0 Å². The Labute approximate surface area is 91.9 Å². The highest BCUT2D eigenvalue weighted by Gasteiger charge is 2.30. The van der Waals surface area contributed by atoms with Crippen molar-refractivity contribution in [2.45, 2.75) is 12.5 Å². The zero-order chi connectivity index (χ0) is 12.2. The van der Waals surface area contributed by atoms with Crippen molar-refractivity contribution in [2.24, 2.45) is 0 Å². The van der Waals surface area contributed by atoms with Crippen LogP contribution in [0.15, 0.2) is 24.5 Å². The first-order valence-corrected chi connectivity index (χ1v) is 4.57. The Morgan fingerprint density at radius 3 is 2.75 bits per heavy atom. The number of aliphatic hydroxyl groups is 1. The van der Waals surface area contributed by atoms with Gasteiger partial charge in [0.05, 0.1) is 12.1 Å². The van der Waals surface area contributed by atoms with Gasteiger partial charge in [-0.15, -0.1) is 0 Å². The quantitative estimate of drug-likeness (QED) is 0.649. The number of carbonyl (C=O) groups excluding carboxylic acids is 1. The second kappa shape index (κ2) is 4.71. The van der Waals surface area contributed by atoms with Gasteiger partial charge in [0.25, 0.3) is 5.91 Å². The number of aromatic nitrogens is 1. The number of aliphatic carboxylic acids is 1. The van der Waals surface area contributed by atoms with E-state index in [0.29, 0.717) is 5.56 Å². The van der Waals surface area contributed by atoms with Crippen LogP contribution in [0.3, 0.4) is 0 Å². The zero-order valence-electron chi connectivity index (χ0n) is 8.67. The van der Waals surface area contributed by atoms with Crippen molar-refractivity contribution in [3.63, 3.8) is 0 Å². The summed E-state index contributed by atoms with van der Waals surface area (Å²) in [6.07, 6.45) is 2.87. The molecular weight excluding hydrogens is 212 g/mol. The fourth-order valence-corrected chi connectivity index (χ4v) is 0.927. The molecule has 3 N–H and O–H groups in total. The number of carboxylic acids is 1. The molecule has 0 fully saturated rings. The number of hydrogen-bond acceptors (Lipinski definition) is 4. The van der Waals surface area contributed by atoms with E-state index in [9.17, 15) is 14.7 Å². The van der Waals surface area contributed by atoms with Gasteiger partial charge in [0, 0.05) is 12.4 Å². The lowest BCUT2D eigenvalue weighted by Gasteiger charge is -2.18. The molecule has 86 valence electrons. The molecule has 1 amide bonds. The van der Waals surface area contributed by atoms with E-state index in [1.807, 2.05) is 0 Å². The Hall–Kier alpha value is -1.95. The summed E-state index contributed by atoms with van der Waals surface area (Å²) in [5, 5.41) is 20.3. The molecule has 1 rings (SSSR count). The Morgan fingerprint density at radius 1 is 1.56 bits per heavy atom. The van der Waals surface area contributed by atoms with Crippen LogP contribution < -0.4 is 5.32 Å². The molecule has 6 heteroatoms. The minimum atomic E-state index is -1.97. The largest absolute Gasteiger partial charge is 0.479 e. The number of nitrogens with zero attached hydrogens (tertiary/aromatic N) is 1. The second-order valence-corrected chi connectivity index (χ2v) is 3.50. The third kappa shape index (κ3) is 3.03. The number of carbonyl (C=O) groups is 2. The molecule has 1 aromatic heterocycles. The van der Waals surface area contributed by atoms with Crippen molar-refractivity contribution in [3.8, 4) is 0 Å². The van der Waals surface area contributed by atoms with E-state index < -0.39 is 17.5 Å². The van der Waals surface area contributed by atoms with Gasteiger partial charge >= 0.3 is 5.97 Å². The van der Waals surface area contributed by atoms with E-state index in [0.717, 1.165) is 6.92 Å². The molecule has 0 aliphatic heterocycles. The fourth-order valence-electron chi connectivity index (χ4n) is 0.927. The monoisotopic (exact) mass is 224 g/mol. The number of nitrogens with one attached hydrogen (secondary N) is 1. The average molecular weight is 224 g/mol. The average Bonchev–Trinajstić information content (AvgIpc) is 2.27. The van der Waals surface area contributed by atoms with Gasteiger partial charge in [-0.2, -0.15) is 0 Å². The maximum atomic E-state index is 11.5. The lowest BCUT2D eigenvalue weighted by atomic mass is 10.1. The topological polar surface area (TPSA) is 99.5 Å². The molecule has 0 aliphatic rings. The normalized spacial score (nSPS) is 13.9. The molecule has 0 spiro atoms. The zero-order valence-corrected chi connectivity index (χ0v) is 8.67. The molecule has 0 bridgehead atoms. The first kappa shape index (κ1) is 12.1. The first-order valence-electron chi connectivity index (χ1n) is 4.57. The maximum absolute atomic E-state index is 11.5. The van der Waals surface area contributed by atoms with Gasteiger partial charge in [0.2, 0.25) is 0 Å². The molecule has 6 nitrogen and oxygen atoms in total. The number of hydrogen-bond donors (Lipinski definition) is 3. The summed E-state index contributed by atoms with van der Waals surface area (Å²) >= 11 is 0. The van der Waals surface area contributed by atoms with Gasteiger partial charge in [0.15, 0.2) is 5.60 Å². The van der Waals surface area contributed by atoms with Crippen molar-refractivity contribution in [1.82, 2.24) is 10.3 Å². The third-order valence-corrected chi connectivity index (χ3v) is 1.98. The van der Waals surface area contributed by atoms with Crippen LogP contribution in [0.25, 0.3) is 0 Å². The van der Waals surface area contributed by atoms with E-state index in [4.69, 9.17) is 5.11 Å². The van der Waals surface area contributed by atoms with Crippen molar-refractivity contribution in [2.75, 3.05) is 6.54 Å². The van der Waals surface area contributed by atoms with Gasteiger partial charge in [0.1, 0.15) is 0 Å². The van der Waals surface area contributed by atoms with Crippen LogP contribution in [-0.4, -0.2) is 39.2 Å². The van der Waals surface area contributed by atoms with Crippen molar-refractivity contribution >= 4 is 11.9 Å². The number of rotatable bonds is 4. The summed E-state index contributed by atoms with van der Waals surface area (Å²) in [5.74, 6) is -1.87. The van der Waals surface area contributed by atoms with Crippen LogP contribution in [0.1, 0.15) is 17.3 Å². The van der Waals surface area contributed by atoms with E-state index in [-0.39, 0.29) is 6.54 Å². The fraction of sp³-hybridized carbons (Fsp3) is 0.300.